The molecule has 0 amide bonds. The zero-order chi connectivity index (χ0) is 12.6. The Morgan fingerprint density at radius 1 is 1.44 bits per heavy atom. The molecule has 0 bridgehead atoms. The van der Waals surface area contributed by atoms with E-state index in [1.807, 2.05) is 0 Å². The van der Waals surface area contributed by atoms with Gasteiger partial charge in [0.25, 0.3) is 0 Å². The second kappa shape index (κ2) is 4.39. The van der Waals surface area contributed by atoms with Gasteiger partial charge in [0.05, 0.1) is 12.5 Å². The van der Waals surface area contributed by atoms with Crippen molar-refractivity contribution in [2.24, 2.45) is 0 Å². The van der Waals surface area contributed by atoms with Gasteiger partial charge in [-0.3, -0.25) is 4.79 Å². The van der Waals surface area contributed by atoms with Gasteiger partial charge in [-0.25, -0.2) is 0 Å². The number of hydrogen-bond donors (Lipinski definition) is 1. The number of carbonyl (C=O) groups is 1. The molecule has 1 aliphatic carbocycles. The van der Waals surface area contributed by atoms with Gasteiger partial charge in [0.1, 0.15) is 0 Å². The van der Waals surface area contributed by atoms with Crippen molar-refractivity contribution in [3.63, 3.8) is 0 Å². The van der Waals surface area contributed by atoms with E-state index >= 15 is 0 Å². The molecular formula is C15H19NO2. The molecule has 1 unspecified atom stereocenters. The summed E-state index contributed by atoms with van der Waals surface area (Å²) in [6.07, 6.45) is 3.03. The molecule has 2 fully saturated rings. The molecule has 1 N–H and O–H groups in total. The maximum absolute atomic E-state index is 11.9. The largest absolute Gasteiger partial charge is 0.468 e. The quantitative estimate of drug-likeness (QED) is 0.827. The standard InChI is InChI=1S/C15H19NO2/c1-18-14(17)15(6-7-15)13-4-2-3-11(9-13)12-5-8-16-10-12/h2-4,9,12,16H,5-8,10H2,1H3. The Labute approximate surface area is 108 Å². The number of carbonyl (C=O) groups excluding carboxylic acids is 1. The lowest BCUT2D eigenvalue weighted by Gasteiger charge is -2.16. The average Bonchev–Trinajstić information content (AvgIpc) is 3.05. The van der Waals surface area contributed by atoms with Gasteiger partial charge >= 0.3 is 5.97 Å². The van der Waals surface area contributed by atoms with E-state index in [4.69, 9.17) is 4.74 Å². The zero-order valence-electron chi connectivity index (χ0n) is 10.7. The van der Waals surface area contributed by atoms with Gasteiger partial charge in [0.2, 0.25) is 0 Å². The Bertz CT molecular complexity index is 459. The van der Waals surface area contributed by atoms with Crippen LogP contribution in [-0.2, 0) is 14.9 Å². The Kier molecular flexibility index (Phi) is 2.86. The molecule has 0 aromatic heterocycles. The molecule has 1 saturated heterocycles. The number of rotatable bonds is 3. The number of nitrogens with one attached hydrogen (secondary N) is 1. The SMILES string of the molecule is COC(=O)C1(c2cccc(C3CCNC3)c2)CC1. The average molecular weight is 245 g/mol. The van der Waals surface area contributed by atoms with Crippen molar-refractivity contribution in [1.82, 2.24) is 5.32 Å². The topological polar surface area (TPSA) is 38.3 Å². The molecule has 1 heterocycles. The summed E-state index contributed by atoms with van der Waals surface area (Å²) in [7, 11) is 1.48. The Morgan fingerprint density at radius 2 is 2.28 bits per heavy atom. The van der Waals surface area contributed by atoms with Crippen LogP contribution in [0, 0.1) is 0 Å². The van der Waals surface area contributed by atoms with Crippen LogP contribution in [-0.4, -0.2) is 26.2 Å². The normalized spacial score (nSPS) is 24.8. The van der Waals surface area contributed by atoms with Crippen LogP contribution in [0.25, 0.3) is 0 Å². The minimum absolute atomic E-state index is 0.0794. The van der Waals surface area contributed by atoms with E-state index in [1.54, 1.807) is 0 Å². The molecule has 18 heavy (non-hydrogen) atoms. The maximum atomic E-state index is 11.9. The summed E-state index contributed by atoms with van der Waals surface area (Å²) in [5.74, 6) is 0.516. The predicted molar refractivity (Wildman–Crippen MR) is 69.6 cm³/mol. The van der Waals surface area contributed by atoms with Crippen LogP contribution < -0.4 is 5.32 Å². The summed E-state index contributed by atoms with van der Waals surface area (Å²) in [5.41, 5.74) is 2.16. The smallest absolute Gasteiger partial charge is 0.316 e. The summed E-state index contributed by atoms with van der Waals surface area (Å²) >= 11 is 0. The summed E-state index contributed by atoms with van der Waals surface area (Å²) in [6, 6.07) is 8.53. The molecule has 1 aromatic rings. The Hall–Kier alpha value is -1.35. The van der Waals surface area contributed by atoms with Gasteiger partial charge in [-0.15, -0.1) is 0 Å². The molecule has 1 aromatic carbocycles. The molecule has 96 valence electrons. The first-order valence-electron chi connectivity index (χ1n) is 6.66. The van der Waals surface area contributed by atoms with E-state index in [-0.39, 0.29) is 11.4 Å². The van der Waals surface area contributed by atoms with E-state index in [9.17, 15) is 4.79 Å². The maximum Gasteiger partial charge on any atom is 0.316 e. The fraction of sp³-hybridized carbons (Fsp3) is 0.533. The van der Waals surface area contributed by atoms with Crippen LogP contribution in [0.1, 0.15) is 36.3 Å². The molecular weight excluding hydrogens is 226 g/mol. The summed E-state index contributed by atoms with van der Waals surface area (Å²) in [5, 5.41) is 3.39. The molecule has 2 aliphatic rings. The van der Waals surface area contributed by atoms with Crippen molar-refractivity contribution in [3.8, 4) is 0 Å². The minimum atomic E-state index is -0.337. The third-order valence-corrected chi connectivity index (χ3v) is 4.30. The first-order chi connectivity index (χ1) is 8.76. The van der Waals surface area contributed by atoms with Gasteiger partial charge in [0, 0.05) is 6.54 Å². The number of hydrogen-bond acceptors (Lipinski definition) is 3. The lowest BCUT2D eigenvalue weighted by Crippen LogP contribution is -2.22. The van der Waals surface area contributed by atoms with Crippen molar-refractivity contribution in [3.05, 3.63) is 35.4 Å². The highest BCUT2D eigenvalue weighted by molar-refractivity contribution is 5.86. The number of ether oxygens (including phenoxy) is 1. The van der Waals surface area contributed by atoms with E-state index in [0.717, 1.165) is 31.5 Å². The van der Waals surface area contributed by atoms with Gasteiger partial charge in [0.15, 0.2) is 0 Å². The van der Waals surface area contributed by atoms with Crippen LogP contribution in [0.5, 0.6) is 0 Å². The van der Waals surface area contributed by atoms with Crippen molar-refractivity contribution in [2.45, 2.75) is 30.6 Å². The highest BCUT2D eigenvalue weighted by Gasteiger charge is 2.52. The fourth-order valence-corrected chi connectivity index (χ4v) is 2.96. The lowest BCUT2D eigenvalue weighted by atomic mass is 9.90. The summed E-state index contributed by atoms with van der Waals surface area (Å²) in [4.78, 5) is 11.9. The second-order valence-electron chi connectivity index (χ2n) is 5.39. The zero-order valence-corrected chi connectivity index (χ0v) is 10.7. The van der Waals surface area contributed by atoms with Crippen LogP contribution >= 0.6 is 0 Å². The first kappa shape index (κ1) is 11.7. The molecule has 1 aliphatic heterocycles. The Morgan fingerprint density at radius 3 is 2.89 bits per heavy atom. The van der Waals surface area contributed by atoms with Crippen molar-refractivity contribution in [2.75, 3.05) is 20.2 Å². The van der Waals surface area contributed by atoms with Crippen LogP contribution in [0.4, 0.5) is 0 Å². The molecule has 3 rings (SSSR count). The van der Waals surface area contributed by atoms with Crippen LogP contribution in [0.15, 0.2) is 24.3 Å². The number of esters is 1. The highest BCUT2D eigenvalue weighted by Crippen LogP contribution is 2.49. The van der Waals surface area contributed by atoms with E-state index in [0.29, 0.717) is 5.92 Å². The van der Waals surface area contributed by atoms with Crippen molar-refractivity contribution >= 4 is 5.97 Å². The first-order valence-corrected chi connectivity index (χ1v) is 6.66. The Balaban J connectivity index is 1.89. The molecule has 1 saturated carbocycles. The summed E-state index contributed by atoms with van der Waals surface area (Å²) < 4.78 is 4.95. The van der Waals surface area contributed by atoms with Gasteiger partial charge < -0.3 is 10.1 Å². The predicted octanol–water partition coefficient (Wildman–Crippen LogP) is 1.97. The molecule has 0 spiro atoms. The number of benzene rings is 1. The minimum Gasteiger partial charge on any atom is -0.468 e. The van der Waals surface area contributed by atoms with Gasteiger partial charge in [-0.1, -0.05) is 24.3 Å². The van der Waals surface area contributed by atoms with E-state index in [2.05, 4.69) is 29.6 Å². The lowest BCUT2D eigenvalue weighted by molar-refractivity contribution is -0.143. The fourth-order valence-electron chi connectivity index (χ4n) is 2.96. The van der Waals surface area contributed by atoms with E-state index < -0.39 is 0 Å². The van der Waals surface area contributed by atoms with Gasteiger partial charge in [-0.2, -0.15) is 0 Å². The monoisotopic (exact) mass is 245 g/mol. The van der Waals surface area contributed by atoms with Crippen LogP contribution in [0.3, 0.4) is 0 Å². The molecule has 3 heteroatoms. The number of methoxy groups -OCH3 is 1. The summed E-state index contributed by atoms with van der Waals surface area (Å²) in [6.45, 7) is 2.14. The van der Waals surface area contributed by atoms with Crippen molar-refractivity contribution in [1.29, 1.82) is 0 Å². The van der Waals surface area contributed by atoms with E-state index in [1.165, 1.54) is 19.1 Å². The molecule has 1 atom stereocenters. The second-order valence-corrected chi connectivity index (χ2v) is 5.39. The third kappa shape index (κ3) is 1.83. The highest BCUT2D eigenvalue weighted by atomic mass is 16.5. The molecule has 0 radical (unpaired) electrons. The van der Waals surface area contributed by atoms with Gasteiger partial charge in [-0.05, 0) is 42.9 Å². The van der Waals surface area contributed by atoms with Crippen molar-refractivity contribution < 1.29 is 9.53 Å². The van der Waals surface area contributed by atoms with Crippen LogP contribution in [0.2, 0.25) is 0 Å². The third-order valence-electron chi connectivity index (χ3n) is 4.30. The molecule has 3 nitrogen and oxygen atoms in total.